The minimum atomic E-state index is -0.333. The molecule has 1 saturated heterocycles. The van der Waals surface area contributed by atoms with Crippen LogP contribution in [0.15, 0.2) is 35.2 Å². The Morgan fingerprint density at radius 2 is 2.08 bits per heavy atom. The van der Waals surface area contributed by atoms with E-state index in [-0.39, 0.29) is 11.7 Å². The predicted octanol–water partition coefficient (Wildman–Crippen LogP) is 2.20. The summed E-state index contributed by atoms with van der Waals surface area (Å²) < 4.78 is 2.24. The fraction of sp³-hybridized carbons (Fsp3) is 0.353. The third kappa shape index (κ3) is 3.52. The number of pyridine rings is 1. The average Bonchev–Trinajstić information content (AvgIpc) is 3.10. The second-order valence-electron chi connectivity index (χ2n) is 6.17. The van der Waals surface area contributed by atoms with Crippen LogP contribution in [0.3, 0.4) is 0 Å². The maximum Gasteiger partial charge on any atom is 0.291 e. The monoisotopic (exact) mass is 415 g/mol. The van der Waals surface area contributed by atoms with Crippen LogP contribution in [-0.4, -0.2) is 43.6 Å². The van der Waals surface area contributed by atoms with Crippen molar-refractivity contribution in [2.45, 2.75) is 25.8 Å². The maximum atomic E-state index is 12.4. The normalized spacial score (nSPS) is 14.6. The van der Waals surface area contributed by atoms with Crippen LogP contribution in [0.1, 0.15) is 35.4 Å². The summed E-state index contributed by atoms with van der Waals surface area (Å²) in [5.74, 6) is 1.09. The number of carbonyl (C=O) groups excluding carboxylic acids is 1. The molecule has 0 atom stereocenters. The van der Waals surface area contributed by atoms with Gasteiger partial charge in [0, 0.05) is 43.8 Å². The first-order valence-corrected chi connectivity index (χ1v) is 9.35. The SMILES string of the molecule is O=C(NCc1cccnc1N1CCCCC1)c1nc2ncc(Br)cn2n1. The first kappa shape index (κ1) is 16.9. The summed E-state index contributed by atoms with van der Waals surface area (Å²) in [4.78, 5) is 27.5. The van der Waals surface area contributed by atoms with Gasteiger partial charge in [0.05, 0.1) is 4.47 Å². The van der Waals surface area contributed by atoms with Crippen molar-refractivity contribution in [2.75, 3.05) is 18.0 Å². The highest BCUT2D eigenvalue weighted by Crippen LogP contribution is 2.21. The lowest BCUT2D eigenvalue weighted by Gasteiger charge is -2.29. The largest absolute Gasteiger partial charge is 0.356 e. The number of hydrogen-bond donors (Lipinski definition) is 1. The molecule has 4 heterocycles. The molecular weight excluding hydrogens is 398 g/mol. The van der Waals surface area contributed by atoms with Gasteiger partial charge in [0.1, 0.15) is 5.82 Å². The van der Waals surface area contributed by atoms with Crippen LogP contribution in [0.5, 0.6) is 0 Å². The van der Waals surface area contributed by atoms with Gasteiger partial charge in [0.25, 0.3) is 11.7 Å². The van der Waals surface area contributed by atoms with Crippen LogP contribution >= 0.6 is 15.9 Å². The van der Waals surface area contributed by atoms with Gasteiger partial charge in [-0.2, -0.15) is 4.98 Å². The van der Waals surface area contributed by atoms with Crippen LogP contribution in [0.2, 0.25) is 0 Å². The molecule has 1 fully saturated rings. The van der Waals surface area contributed by atoms with Crippen LogP contribution in [0.4, 0.5) is 5.82 Å². The maximum absolute atomic E-state index is 12.4. The van der Waals surface area contributed by atoms with E-state index in [1.54, 1.807) is 18.6 Å². The quantitative estimate of drug-likeness (QED) is 0.702. The highest BCUT2D eigenvalue weighted by atomic mass is 79.9. The molecule has 0 unspecified atom stereocenters. The Balaban J connectivity index is 1.48. The van der Waals surface area contributed by atoms with Gasteiger partial charge in [-0.05, 0) is 41.3 Å². The molecule has 0 radical (unpaired) electrons. The van der Waals surface area contributed by atoms with Crippen molar-refractivity contribution in [3.63, 3.8) is 0 Å². The molecule has 1 amide bonds. The molecule has 8 nitrogen and oxygen atoms in total. The average molecular weight is 416 g/mol. The third-order valence-corrected chi connectivity index (χ3v) is 4.74. The zero-order valence-electron chi connectivity index (χ0n) is 14.1. The van der Waals surface area contributed by atoms with E-state index in [0.29, 0.717) is 12.3 Å². The Hall–Kier alpha value is -2.55. The van der Waals surface area contributed by atoms with Gasteiger partial charge in [-0.3, -0.25) is 4.79 Å². The zero-order chi connectivity index (χ0) is 17.9. The van der Waals surface area contributed by atoms with Crippen molar-refractivity contribution in [3.05, 3.63) is 46.6 Å². The van der Waals surface area contributed by atoms with Crippen molar-refractivity contribution in [2.24, 2.45) is 0 Å². The minimum Gasteiger partial charge on any atom is -0.356 e. The number of carbonyl (C=O) groups is 1. The van der Waals surface area contributed by atoms with Gasteiger partial charge < -0.3 is 10.2 Å². The molecule has 134 valence electrons. The van der Waals surface area contributed by atoms with E-state index >= 15 is 0 Å². The van der Waals surface area contributed by atoms with Gasteiger partial charge in [0.15, 0.2) is 0 Å². The van der Waals surface area contributed by atoms with E-state index < -0.39 is 0 Å². The number of aromatic nitrogens is 5. The molecule has 4 rings (SSSR count). The summed E-state index contributed by atoms with van der Waals surface area (Å²) in [6.07, 6.45) is 8.74. The number of rotatable bonds is 4. The topological polar surface area (TPSA) is 88.3 Å². The van der Waals surface area contributed by atoms with E-state index in [1.165, 1.54) is 23.8 Å². The van der Waals surface area contributed by atoms with Gasteiger partial charge in [0.2, 0.25) is 5.82 Å². The van der Waals surface area contributed by atoms with Crippen LogP contribution in [-0.2, 0) is 6.54 Å². The zero-order valence-corrected chi connectivity index (χ0v) is 15.7. The van der Waals surface area contributed by atoms with Gasteiger partial charge in [-0.1, -0.05) is 6.07 Å². The summed E-state index contributed by atoms with van der Waals surface area (Å²) in [5, 5.41) is 7.06. The van der Waals surface area contributed by atoms with Crippen molar-refractivity contribution in [3.8, 4) is 0 Å². The van der Waals surface area contributed by atoms with Crippen molar-refractivity contribution in [1.29, 1.82) is 0 Å². The number of halogens is 1. The third-order valence-electron chi connectivity index (χ3n) is 4.33. The number of amides is 1. The van der Waals surface area contributed by atoms with E-state index in [4.69, 9.17) is 0 Å². The number of anilines is 1. The molecule has 1 N–H and O–H groups in total. The fourth-order valence-electron chi connectivity index (χ4n) is 3.07. The van der Waals surface area contributed by atoms with Crippen LogP contribution in [0.25, 0.3) is 5.78 Å². The Bertz CT molecular complexity index is 936. The summed E-state index contributed by atoms with van der Waals surface area (Å²) in [6.45, 7) is 2.39. The number of nitrogens with one attached hydrogen (secondary N) is 1. The molecule has 3 aromatic heterocycles. The van der Waals surface area contributed by atoms with E-state index in [1.807, 2.05) is 12.1 Å². The van der Waals surface area contributed by atoms with Crippen LogP contribution < -0.4 is 10.2 Å². The van der Waals surface area contributed by atoms with Gasteiger partial charge in [-0.15, -0.1) is 5.10 Å². The predicted molar refractivity (Wildman–Crippen MR) is 100.0 cm³/mol. The Kier molecular flexibility index (Phi) is 4.79. The summed E-state index contributed by atoms with van der Waals surface area (Å²) in [6, 6.07) is 3.88. The molecule has 1 aliphatic rings. The number of fused-ring (bicyclic) bond motifs is 1. The molecule has 0 saturated carbocycles. The Labute approximate surface area is 158 Å². The second kappa shape index (κ2) is 7.36. The first-order chi connectivity index (χ1) is 12.7. The standard InChI is InChI=1S/C17H18BrN7O/c18-13-10-21-17-22-14(23-25(17)11-13)16(26)20-9-12-5-4-6-19-15(12)24-7-2-1-3-8-24/h4-6,10-11H,1-3,7-9H2,(H,20,26). The van der Waals surface area contributed by atoms with Crippen molar-refractivity contribution < 1.29 is 4.79 Å². The molecule has 0 aliphatic carbocycles. The lowest BCUT2D eigenvalue weighted by atomic mass is 10.1. The molecule has 26 heavy (non-hydrogen) atoms. The van der Waals surface area contributed by atoms with E-state index in [2.05, 4.69) is 46.2 Å². The highest BCUT2D eigenvalue weighted by molar-refractivity contribution is 9.10. The Morgan fingerprint density at radius 1 is 1.23 bits per heavy atom. The van der Waals surface area contributed by atoms with Gasteiger partial charge in [-0.25, -0.2) is 14.5 Å². The molecule has 3 aromatic rings. The number of hydrogen-bond acceptors (Lipinski definition) is 6. The van der Waals surface area contributed by atoms with E-state index in [0.717, 1.165) is 28.9 Å². The van der Waals surface area contributed by atoms with Crippen molar-refractivity contribution >= 4 is 33.4 Å². The molecular formula is C17H18BrN7O. The lowest BCUT2D eigenvalue weighted by Crippen LogP contribution is -2.32. The smallest absolute Gasteiger partial charge is 0.291 e. The number of piperidine rings is 1. The lowest BCUT2D eigenvalue weighted by molar-refractivity contribution is 0.0941. The van der Waals surface area contributed by atoms with Crippen molar-refractivity contribution in [1.82, 2.24) is 29.9 Å². The Morgan fingerprint density at radius 3 is 2.92 bits per heavy atom. The molecule has 1 aliphatic heterocycles. The molecule has 0 spiro atoms. The second-order valence-corrected chi connectivity index (χ2v) is 7.08. The molecule has 0 bridgehead atoms. The highest BCUT2D eigenvalue weighted by Gasteiger charge is 2.17. The van der Waals surface area contributed by atoms with Crippen LogP contribution in [0, 0.1) is 0 Å². The summed E-state index contributed by atoms with van der Waals surface area (Å²) in [7, 11) is 0. The first-order valence-electron chi connectivity index (χ1n) is 8.56. The number of nitrogens with zero attached hydrogens (tertiary/aromatic N) is 6. The van der Waals surface area contributed by atoms with E-state index in [9.17, 15) is 4.79 Å². The summed E-state index contributed by atoms with van der Waals surface area (Å²) in [5.41, 5.74) is 0.993. The minimum absolute atomic E-state index is 0.0963. The summed E-state index contributed by atoms with van der Waals surface area (Å²) >= 11 is 3.32. The molecule has 0 aromatic carbocycles. The molecule has 9 heteroatoms. The van der Waals surface area contributed by atoms with Gasteiger partial charge >= 0.3 is 0 Å². The fourth-order valence-corrected chi connectivity index (χ4v) is 3.37.